The first-order chi connectivity index (χ1) is 8.86. The van der Waals surface area contributed by atoms with Crippen LogP contribution in [-0.2, 0) is 9.53 Å². The second-order valence-corrected chi connectivity index (χ2v) is 5.91. The number of rotatable bonds is 4. The van der Waals surface area contributed by atoms with Crippen molar-refractivity contribution < 1.29 is 9.53 Å². The fourth-order valence-corrected chi connectivity index (χ4v) is 2.64. The number of ether oxygens (including phenoxy) is 1. The Morgan fingerprint density at radius 3 is 2.68 bits per heavy atom. The summed E-state index contributed by atoms with van der Waals surface area (Å²) in [7, 11) is 0. The molecule has 0 fully saturated rings. The van der Waals surface area contributed by atoms with E-state index in [0.717, 1.165) is 5.57 Å². The molecule has 2 heteroatoms. The van der Waals surface area contributed by atoms with Crippen LogP contribution in [0, 0.1) is 5.41 Å². The van der Waals surface area contributed by atoms with Crippen molar-refractivity contribution in [1.29, 1.82) is 0 Å². The van der Waals surface area contributed by atoms with Crippen LogP contribution < -0.4 is 0 Å². The lowest BCUT2D eigenvalue weighted by molar-refractivity contribution is -0.137. The van der Waals surface area contributed by atoms with Crippen LogP contribution in [0.4, 0.5) is 0 Å². The van der Waals surface area contributed by atoms with E-state index < -0.39 is 0 Å². The number of esters is 1. The molecule has 0 heterocycles. The first kappa shape index (κ1) is 15.7. The lowest BCUT2D eigenvalue weighted by atomic mass is 9.72. The maximum Gasteiger partial charge on any atom is 0.330 e. The molecule has 0 unspecified atom stereocenters. The van der Waals surface area contributed by atoms with Crippen LogP contribution in [0.1, 0.15) is 53.9 Å². The fourth-order valence-electron chi connectivity index (χ4n) is 2.64. The van der Waals surface area contributed by atoms with Gasteiger partial charge < -0.3 is 4.74 Å². The lowest BCUT2D eigenvalue weighted by Gasteiger charge is -2.32. The predicted molar refractivity (Wildman–Crippen MR) is 79.9 cm³/mol. The standard InChI is InChI=1S/C17H26O2/c1-6-19-16(18)12-13(2)9-10-15-14(3)8-7-11-17(15,4)5/h9-10,12H,6-8,11H2,1-5H3/b10-9-,13-12+. The van der Waals surface area contributed by atoms with Gasteiger partial charge in [0.25, 0.3) is 0 Å². The SMILES string of the molecule is CCOC(=O)/C=C(C)/C=C\C1=C(C)CCCC1(C)C. The van der Waals surface area contributed by atoms with E-state index in [1.165, 1.54) is 30.4 Å². The van der Waals surface area contributed by atoms with Crippen LogP contribution >= 0.6 is 0 Å². The van der Waals surface area contributed by atoms with Crippen LogP contribution in [0.3, 0.4) is 0 Å². The maximum atomic E-state index is 11.4. The largest absolute Gasteiger partial charge is 0.463 e. The van der Waals surface area contributed by atoms with Crippen molar-refractivity contribution >= 4 is 5.97 Å². The summed E-state index contributed by atoms with van der Waals surface area (Å²) in [5, 5.41) is 0. The highest BCUT2D eigenvalue weighted by atomic mass is 16.5. The molecular weight excluding hydrogens is 236 g/mol. The molecule has 0 aliphatic heterocycles. The zero-order valence-electron chi connectivity index (χ0n) is 12.9. The molecule has 0 saturated carbocycles. The maximum absolute atomic E-state index is 11.4. The molecule has 0 saturated heterocycles. The van der Waals surface area contributed by atoms with Gasteiger partial charge in [-0.25, -0.2) is 4.79 Å². The molecule has 0 N–H and O–H groups in total. The summed E-state index contributed by atoms with van der Waals surface area (Å²) in [4.78, 5) is 11.4. The van der Waals surface area contributed by atoms with Gasteiger partial charge in [-0.2, -0.15) is 0 Å². The Kier molecular flexibility index (Phi) is 5.59. The number of allylic oxidation sites excluding steroid dienone is 5. The van der Waals surface area contributed by atoms with Gasteiger partial charge in [0.05, 0.1) is 6.61 Å². The molecule has 0 aromatic heterocycles. The van der Waals surface area contributed by atoms with E-state index in [9.17, 15) is 4.79 Å². The molecule has 1 aliphatic carbocycles. The van der Waals surface area contributed by atoms with Crippen molar-refractivity contribution in [1.82, 2.24) is 0 Å². The van der Waals surface area contributed by atoms with E-state index in [2.05, 4.69) is 26.8 Å². The summed E-state index contributed by atoms with van der Waals surface area (Å²) < 4.78 is 4.91. The minimum Gasteiger partial charge on any atom is -0.463 e. The smallest absolute Gasteiger partial charge is 0.330 e. The van der Waals surface area contributed by atoms with Gasteiger partial charge in [0.15, 0.2) is 0 Å². The highest BCUT2D eigenvalue weighted by Crippen LogP contribution is 2.40. The first-order valence-electron chi connectivity index (χ1n) is 7.10. The summed E-state index contributed by atoms with van der Waals surface area (Å²) in [5.41, 5.74) is 4.05. The van der Waals surface area contributed by atoms with E-state index in [1.807, 2.05) is 19.9 Å². The van der Waals surface area contributed by atoms with Crippen molar-refractivity contribution in [3.8, 4) is 0 Å². The molecular formula is C17H26O2. The van der Waals surface area contributed by atoms with Gasteiger partial charge in [0.2, 0.25) is 0 Å². The number of carbonyl (C=O) groups excluding carboxylic acids is 1. The van der Waals surface area contributed by atoms with Gasteiger partial charge in [0.1, 0.15) is 0 Å². The Balaban J connectivity index is 2.83. The Labute approximate surface area is 117 Å². The van der Waals surface area contributed by atoms with Gasteiger partial charge in [-0.15, -0.1) is 0 Å². The van der Waals surface area contributed by atoms with Gasteiger partial charge in [-0.05, 0) is 56.6 Å². The summed E-state index contributed by atoms with van der Waals surface area (Å²) in [6.07, 6.45) is 9.41. The molecule has 0 aromatic rings. The molecule has 0 bridgehead atoms. The van der Waals surface area contributed by atoms with E-state index >= 15 is 0 Å². The minimum absolute atomic E-state index is 0.239. The lowest BCUT2D eigenvalue weighted by Crippen LogP contribution is -2.19. The van der Waals surface area contributed by atoms with E-state index in [1.54, 1.807) is 6.08 Å². The second kappa shape index (κ2) is 6.74. The molecule has 0 amide bonds. The molecule has 19 heavy (non-hydrogen) atoms. The van der Waals surface area contributed by atoms with Crippen molar-refractivity contribution in [2.45, 2.75) is 53.9 Å². The average molecular weight is 262 g/mol. The van der Waals surface area contributed by atoms with Crippen LogP contribution in [-0.4, -0.2) is 12.6 Å². The third-order valence-electron chi connectivity index (χ3n) is 3.69. The van der Waals surface area contributed by atoms with Crippen LogP contribution in [0.25, 0.3) is 0 Å². The van der Waals surface area contributed by atoms with Crippen molar-refractivity contribution in [2.75, 3.05) is 6.61 Å². The number of hydrogen-bond donors (Lipinski definition) is 0. The van der Waals surface area contributed by atoms with Gasteiger partial charge in [-0.1, -0.05) is 31.6 Å². The number of hydrogen-bond acceptors (Lipinski definition) is 2. The van der Waals surface area contributed by atoms with Gasteiger partial charge in [-0.3, -0.25) is 0 Å². The third kappa shape index (κ3) is 4.70. The molecule has 0 aromatic carbocycles. The Morgan fingerprint density at radius 1 is 1.42 bits per heavy atom. The normalized spacial score (nSPS) is 19.9. The zero-order valence-corrected chi connectivity index (χ0v) is 12.9. The first-order valence-corrected chi connectivity index (χ1v) is 7.10. The highest BCUT2D eigenvalue weighted by Gasteiger charge is 2.26. The van der Waals surface area contributed by atoms with E-state index in [4.69, 9.17) is 4.74 Å². The molecule has 1 rings (SSSR count). The highest BCUT2D eigenvalue weighted by molar-refractivity contribution is 5.83. The molecule has 0 radical (unpaired) electrons. The van der Waals surface area contributed by atoms with E-state index in [-0.39, 0.29) is 11.4 Å². The van der Waals surface area contributed by atoms with Crippen LogP contribution in [0.15, 0.2) is 34.9 Å². The molecule has 0 atom stereocenters. The zero-order chi connectivity index (χ0) is 14.5. The monoisotopic (exact) mass is 262 g/mol. The number of carbonyl (C=O) groups is 1. The molecule has 106 valence electrons. The van der Waals surface area contributed by atoms with E-state index in [0.29, 0.717) is 6.61 Å². The Morgan fingerprint density at radius 2 is 2.11 bits per heavy atom. The van der Waals surface area contributed by atoms with Crippen LogP contribution in [0.5, 0.6) is 0 Å². The van der Waals surface area contributed by atoms with Gasteiger partial charge in [0, 0.05) is 6.08 Å². The fraction of sp³-hybridized carbons (Fsp3) is 0.588. The van der Waals surface area contributed by atoms with Crippen LogP contribution in [0.2, 0.25) is 0 Å². The van der Waals surface area contributed by atoms with Crippen molar-refractivity contribution in [3.05, 3.63) is 34.9 Å². The average Bonchev–Trinajstić information content (AvgIpc) is 2.27. The molecule has 0 spiro atoms. The Bertz CT molecular complexity index is 423. The summed E-state index contributed by atoms with van der Waals surface area (Å²) >= 11 is 0. The predicted octanol–water partition coefficient (Wildman–Crippen LogP) is 4.58. The quantitative estimate of drug-likeness (QED) is 0.421. The Hall–Kier alpha value is -1.31. The van der Waals surface area contributed by atoms with Crippen molar-refractivity contribution in [2.24, 2.45) is 5.41 Å². The second-order valence-electron chi connectivity index (χ2n) is 5.91. The van der Waals surface area contributed by atoms with Crippen molar-refractivity contribution in [3.63, 3.8) is 0 Å². The minimum atomic E-state index is -0.266. The summed E-state index contributed by atoms with van der Waals surface area (Å²) in [6, 6.07) is 0. The molecule has 1 aliphatic rings. The summed E-state index contributed by atoms with van der Waals surface area (Å²) in [6.45, 7) is 11.0. The molecule has 2 nitrogen and oxygen atoms in total. The third-order valence-corrected chi connectivity index (χ3v) is 3.69. The topological polar surface area (TPSA) is 26.3 Å². The summed E-state index contributed by atoms with van der Waals surface area (Å²) in [5.74, 6) is -0.266. The van der Waals surface area contributed by atoms with Gasteiger partial charge >= 0.3 is 5.97 Å².